The summed E-state index contributed by atoms with van der Waals surface area (Å²) in [6, 6.07) is 29.6. The van der Waals surface area contributed by atoms with Crippen LogP contribution < -0.4 is 0 Å². The molecule has 0 spiro atoms. The van der Waals surface area contributed by atoms with Crippen LogP contribution in [0, 0.1) is 23.2 Å². The van der Waals surface area contributed by atoms with E-state index in [1.807, 2.05) is 105 Å². The molecule has 0 saturated heterocycles. The number of fused-ring (bicyclic) bond motifs is 4. The fraction of sp³-hybridized carbons (Fsp3) is 0.231. The summed E-state index contributed by atoms with van der Waals surface area (Å²) in [5.74, 6) is 0.123. The van der Waals surface area contributed by atoms with Gasteiger partial charge in [-0.25, -0.2) is 9.97 Å². The van der Waals surface area contributed by atoms with E-state index in [0.29, 0.717) is 24.4 Å². The highest BCUT2D eigenvalue weighted by Crippen LogP contribution is 2.51. The molecule has 0 unspecified atom stereocenters. The second-order valence-electron chi connectivity index (χ2n) is 12.6. The molecule has 3 aromatic carbocycles. The number of nitriles is 1. The molecular weight excluding hydrogens is 570 g/mol. The Morgan fingerprint density at radius 2 is 1.74 bits per heavy atom. The molecular formula is C39H33N5O2. The lowest BCUT2D eigenvalue weighted by atomic mass is 9.57. The molecule has 7 heteroatoms. The van der Waals surface area contributed by atoms with Gasteiger partial charge in [0.1, 0.15) is 6.07 Å². The molecule has 226 valence electrons. The Morgan fingerprint density at radius 1 is 1.00 bits per heavy atom. The SMILES string of the molecule is C[C@H]1C(=O)C(C#N)=C[C@@]2(C)c3nc(-c4ccnc5ccccc45)nc(-c4ccc(C(=O)N(C)Cc5ccccc5)cc4)c3CC[C@H]12. The van der Waals surface area contributed by atoms with Crippen molar-refractivity contribution in [3.63, 3.8) is 0 Å². The highest BCUT2D eigenvalue weighted by atomic mass is 16.2. The van der Waals surface area contributed by atoms with Gasteiger partial charge in [0, 0.05) is 58.8 Å². The molecule has 5 aromatic rings. The van der Waals surface area contributed by atoms with Gasteiger partial charge in [0.25, 0.3) is 5.91 Å². The normalized spacial score (nSPS) is 20.3. The minimum Gasteiger partial charge on any atom is -0.337 e. The molecule has 7 rings (SSSR count). The Labute approximate surface area is 268 Å². The standard InChI is InChI=1S/C39H33N5O2/c1-24-32-18-17-31-34(26-13-15-27(16-14-26)38(46)44(3)23-25-9-5-4-6-10-25)42-37(30-19-20-41-33-12-8-7-11-29(30)33)43-36(31)39(32,2)21-28(22-40)35(24)45/h4-16,19-21,24,32H,17-18,23H2,1-3H3/t24-,32-,39-/m1/s1. The third-order valence-corrected chi connectivity index (χ3v) is 9.74. The van der Waals surface area contributed by atoms with E-state index in [0.717, 1.165) is 51.0 Å². The fourth-order valence-electron chi connectivity index (χ4n) is 7.34. The number of benzene rings is 3. The highest BCUT2D eigenvalue weighted by Gasteiger charge is 2.49. The van der Waals surface area contributed by atoms with Gasteiger partial charge < -0.3 is 4.90 Å². The smallest absolute Gasteiger partial charge is 0.253 e. The molecule has 0 aliphatic heterocycles. The topological polar surface area (TPSA) is 99.8 Å². The van der Waals surface area contributed by atoms with Crippen molar-refractivity contribution < 1.29 is 9.59 Å². The number of aromatic nitrogens is 3. The van der Waals surface area contributed by atoms with Crippen LogP contribution in [0.1, 0.15) is 47.4 Å². The Bertz CT molecular complexity index is 2080. The van der Waals surface area contributed by atoms with Crippen LogP contribution in [0.15, 0.2) is 103 Å². The lowest BCUT2D eigenvalue weighted by Crippen LogP contribution is -2.46. The van der Waals surface area contributed by atoms with E-state index in [1.54, 1.807) is 11.1 Å². The fourth-order valence-corrected chi connectivity index (χ4v) is 7.34. The van der Waals surface area contributed by atoms with E-state index < -0.39 is 5.41 Å². The summed E-state index contributed by atoms with van der Waals surface area (Å²) in [5, 5.41) is 10.8. The van der Waals surface area contributed by atoms with Gasteiger partial charge in [0.05, 0.1) is 22.5 Å². The Hall–Kier alpha value is -5.48. The molecule has 3 atom stereocenters. The number of rotatable bonds is 5. The summed E-state index contributed by atoms with van der Waals surface area (Å²) in [5.41, 5.74) is 6.47. The van der Waals surface area contributed by atoms with E-state index in [4.69, 9.17) is 9.97 Å². The number of Topliss-reactive ketones (excluding diaryl/α,β-unsaturated/α-hetero) is 1. The minimum atomic E-state index is -0.628. The van der Waals surface area contributed by atoms with Crippen LogP contribution in [-0.4, -0.2) is 38.6 Å². The Balaban J connectivity index is 1.36. The maximum Gasteiger partial charge on any atom is 0.253 e. The summed E-state index contributed by atoms with van der Waals surface area (Å²) in [6.45, 7) is 4.55. The van der Waals surface area contributed by atoms with Crippen molar-refractivity contribution in [1.82, 2.24) is 19.9 Å². The third kappa shape index (κ3) is 4.87. The quantitative estimate of drug-likeness (QED) is 0.212. The van der Waals surface area contributed by atoms with Crippen molar-refractivity contribution in [2.45, 2.75) is 38.6 Å². The molecule has 1 amide bonds. The van der Waals surface area contributed by atoms with E-state index in [2.05, 4.69) is 18.0 Å². The zero-order valence-electron chi connectivity index (χ0n) is 26.1. The number of hydrogen-bond donors (Lipinski definition) is 0. The Morgan fingerprint density at radius 3 is 2.50 bits per heavy atom. The van der Waals surface area contributed by atoms with Gasteiger partial charge in [-0.05, 0) is 48.6 Å². The summed E-state index contributed by atoms with van der Waals surface area (Å²) in [7, 11) is 1.81. The molecule has 0 saturated carbocycles. The van der Waals surface area contributed by atoms with E-state index >= 15 is 0 Å². The number of nitrogens with zero attached hydrogens (tertiary/aromatic N) is 5. The number of ketones is 1. The summed E-state index contributed by atoms with van der Waals surface area (Å²) >= 11 is 0. The van der Waals surface area contributed by atoms with Crippen molar-refractivity contribution in [3.05, 3.63) is 125 Å². The predicted molar refractivity (Wildman–Crippen MR) is 177 cm³/mol. The van der Waals surface area contributed by atoms with Gasteiger partial charge in [0.15, 0.2) is 11.6 Å². The summed E-state index contributed by atoms with van der Waals surface area (Å²) in [6.07, 6.45) is 5.09. The Kier molecular flexibility index (Phi) is 7.29. The lowest BCUT2D eigenvalue weighted by molar-refractivity contribution is -0.121. The van der Waals surface area contributed by atoms with Crippen LogP contribution in [0.4, 0.5) is 0 Å². The van der Waals surface area contributed by atoms with Crippen LogP contribution in [0.25, 0.3) is 33.5 Å². The third-order valence-electron chi connectivity index (χ3n) is 9.74. The summed E-state index contributed by atoms with van der Waals surface area (Å²) < 4.78 is 0. The predicted octanol–water partition coefficient (Wildman–Crippen LogP) is 7.12. The largest absolute Gasteiger partial charge is 0.337 e. The highest BCUT2D eigenvalue weighted by molar-refractivity contribution is 6.02. The number of carbonyl (C=O) groups is 2. The van der Waals surface area contributed by atoms with Crippen molar-refractivity contribution in [1.29, 1.82) is 5.26 Å². The van der Waals surface area contributed by atoms with Crippen molar-refractivity contribution in [2.24, 2.45) is 11.8 Å². The van der Waals surface area contributed by atoms with E-state index in [9.17, 15) is 14.9 Å². The molecule has 0 N–H and O–H groups in total. The summed E-state index contributed by atoms with van der Waals surface area (Å²) in [4.78, 5) is 43.1. The molecule has 46 heavy (non-hydrogen) atoms. The van der Waals surface area contributed by atoms with Gasteiger partial charge in [0.2, 0.25) is 0 Å². The average Bonchev–Trinajstić information content (AvgIpc) is 3.09. The average molecular weight is 604 g/mol. The van der Waals surface area contributed by atoms with E-state index in [-0.39, 0.29) is 29.1 Å². The molecule has 2 aromatic heterocycles. The second-order valence-corrected chi connectivity index (χ2v) is 12.6. The number of allylic oxidation sites excluding steroid dienone is 2. The first kappa shape index (κ1) is 29.2. The van der Waals surface area contributed by atoms with Gasteiger partial charge in [-0.1, -0.05) is 80.6 Å². The van der Waals surface area contributed by atoms with Crippen LogP contribution in [0.5, 0.6) is 0 Å². The van der Waals surface area contributed by atoms with Crippen LogP contribution in [0.3, 0.4) is 0 Å². The molecule has 2 aliphatic rings. The monoisotopic (exact) mass is 603 g/mol. The first-order valence-electron chi connectivity index (χ1n) is 15.6. The zero-order valence-corrected chi connectivity index (χ0v) is 26.1. The van der Waals surface area contributed by atoms with Crippen LogP contribution >= 0.6 is 0 Å². The zero-order chi connectivity index (χ0) is 32.0. The second kappa shape index (κ2) is 11.5. The number of amides is 1. The molecule has 0 radical (unpaired) electrons. The van der Waals surface area contributed by atoms with Gasteiger partial charge in [-0.2, -0.15) is 5.26 Å². The number of pyridine rings is 1. The van der Waals surface area contributed by atoms with Crippen molar-refractivity contribution in [2.75, 3.05) is 7.05 Å². The van der Waals surface area contributed by atoms with Gasteiger partial charge in [-0.3, -0.25) is 14.6 Å². The maximum atomic E-state index is 13.3. The first-order chi connectivity index (χ1) is 22.3. The van der Waals surface area contributed by atoms with Crippen molar-refractivity contribution >= 4 is 22.6 Å². The van der Waals surface area contributed by atoms with Gasteiger partial charge >= 0.3 is 0 Å². The number of para-hydroxylation sites is 1. The number of hydrogen-bond acceptors (Lipinski definition) is 6. The lowest BCUT2D eigenvalue weighted by Gasteiger charge is -2.45. The van der Waals surface area contributed by atoms with Crippen LogP contribution in [0.2, 0.25) is 0 Å². The first-order valence-corrected chi connectivity index (χ1v) is 15.6. The molecule has 2 aliphatic carbocycles. The number of carbonyl (C=O) groups excluding carboxylic acids is 2. The van der Waals surface area contributed by atoms with Gasteiger partial charge in [-0.15, -0.1) is 0 Å². The molecule has 2 heterocycles. The van der Waals surface area contributed by atoms with E-state index in [1.165, 1.54) is 0 Å². The maximum absolute atomic E-state index is 13.3. The molecule has 0 fully saturated rings. The molecule has 0 bridgehead atoms. The van der Waals surface area contributed by atoms with Crippen LogP contribution in [-0.2, 0) is 23.2 Å². The van der Waals surface area contributed by atoms with Crippen molar-refractivity contribution in [3.8, 4) is 28.7 Å². The molecule has 7 nitrogen and oxygen atoms in total. The minimum absolute atomic E-state index is 0.00883.